The number of hydrogen-bond donors (Lipinski definition) is 2. The van der Waals surface area contributed by atoms with Crippen LogP contribution in [0.3, 0.4) is 0 Å². The van der Waals surface area contributed by atoms with Crippen LogP contribution in [0.15, 0.2) is 35.4 Å². The van der Waals surface area contributed by atoms with Gasteiger partial charge in [-0.2, -0.15) is 0 Å². The first-order chi connectivity index (χ1) is 10.7. The van der Waals surface area contributed by atoms with Gasteiger partial charge in [-0.15, -0.1) is 0 Å². The molecule has 1 aromatic rings. The Balaban J connectivity index is 1.54. The van der Waals surface area contributed by atoms with Gasteiger partial charge in [0.25, 0.3) is 5.91 Å². The molecule has 0 radical (unpaired) electrons. The SMILES string of the molecule is O=C(NC1CCCC1)C1=CNC(C#Cc2cccc(Cl)c2)S1. The zero-order valence-electron chi connectivity index (χ0n) is 12.1. The van der Waals surface area contributed by atoms with E-state index in [1.54, 1.807) is 6.20 Å². The van der Waals surface area contributed by atoms with Gasteiger partial charge in [0.15, 0.2) is 0 Å². The topological polar surface area (TPSA) is 41.1 Å². The van der Waals surface area contributed by atoms with Crippen LogP contribution in [0.25, 0.3) is 0 Å². The molecule has 1 aliphatic heterocycles. The third kappa shape index (κ3) is 4.00. The zero-order valence-corrected chi connectivity index (χ0v) is 13.6. The predicted octanol–water partition coefficient (Wildman–Crippen LogP) is 3.25. The monoisotopic (exact) mass is 332 g/mol. The molecule has 0 spiro atoms. The lowest BCUT2D eigenvalue weighted by atomic mass is 10.2. The molecule has 1 aliphatic carbocycles. The second kappa shape index (κ2) is 7.13. The summed E-state index contributed by atoms with van der Waals surface area (Å²) in [4.78, 5) is 12.9. The molecule has 1 aromatic carbocycles. The van der Waals surface area contributed by atoms with Crippen LogP contribution >= 0.6 is 23.4 Å². The van der Waals surface area contributed by atoms with Crippen LogP contribution < -0.4 is 10.6 Å². The first-order valence-corrected chi connectivity index (χ1v) is 8.67. The van der Waals surface area contributed by atoms with Gasteiger partial charge >= 0.3 is 0 Å². The third-order valence-corrected chi connectivity index (χ3v) is 4.98. The number of halogens is 1. The smallest absolute Gasteiger partial charge is 0.259 e. The predicted molar refractivity (Wildman–Crippen MR) is 91.3 cm³/mol. The van der Waals surface area contributed by atoms with Crippen LogP contribution in [0.5, 0.6) is 0 Å². The van der Waals surface area contributed by atoms with Gasteiger partial charge in [0.05, 0.1) is 4.91 Å². The highest BCUT2D eigenvalue weighted by molar-refractivity contribution is 8.05. The molecule has 1 fully saturated rings. The Hall–Kier alpha value is -1.57. The van der Waals surface area contributed by atoms with E-state index in [2.05, 4.69) is 22.5 Å². The van der Waals surface area contributed by atoms with E-state index in [-0.39, 0.29) is 11.3 Å². The number of rotatable bonds is 2. The van der Waals surface area contributed by atoms with Crippen LogP contribution in [0.4, 0.5) is 0 Å². The number of carbonyl (C=O) groups is 1. The van der Waals surface area contributed by atoms with Crippen molar-refractivity contribution in [2.75, 3.05) is 0 Å². The first kappa shape index (κ1) is 15.3. The van der Waals surface area contributed by atoms with Gasteiger partial charge in [-0.25, -0.2) is 0 Å². The minimum absolute atomic E-state index is 0.0106. The lowest BCUT2D eigenvalue weighted by Gasteiger charge is -2.11. The lowest BCUT2D eigenvalue weighted by Crippen LogP contribution is -2.32. The molecule has 0 aromatic heterocycles. The van der Waals surface area contributed by atoms with Crippen LogP contribution in [-0.4, -0.2) is 17.3 Å². The van der Waals surface area contributed by atoms with E-state index in [4.69, 9.17) is 11.6 Å². The van der Waals surface area contributed by atoms with Crippen LogP contribution in [0.1, 0.15) is 31.2 Å². The third-order valence-electron chi connectivity index (χ3n) is 3.70. The van der Waals surface area contributed by atoms with E-state index < -0.39 is 0 Å². The fourth-order valence-corrected chi connectivity index (χ4v) is 3.58. The van der Waals surface area contributed by atoms with Crippen molar-refractivity contribution in [3.8, 4) is 11.8 Å². The summed E-state index contributed by atoms with van der Waals surface area (Å²) in [6.07, 6.45) is 6.36. The van der Waals surface area contributed by atoms with Crippen molar-refractivity contribution in [3.05, 3.63) is 46.0 Å². The van der Waals surface area contributed by atoms with E-state index in [0.717, 1.165) is 18.4 Å². The Bertz CT molecular complexity index is 656. The molecular formula is C17H17ClN2OS. The molecule has 3 nitrogen and oxygen atoms in total. The summed E-state index contributed by atoms with van der Waals surface area (Å²) in [6.45, 7) is 0. The van der Waals surface area contributed by atoms with Crippen molar-refractivity contribution >= 4 is 29.3 Å². The zero-order chi connectivity index (χ0) is 15.4. The maximum absolute atomic E-state index is 12.2. The fraction of sp³-hybridized carbons (Fsp3) is 0.353. The number of carbonyl (C=O) groups excluding carboxylic acids is 1. The largest absolute Gasteiger partial charge is 0.368 e. The summed E-state index contributed by atoms with van der Waals surface area (Å²) >= 11 is 7.39. The second-order valence-electron chi connectivity index (χ2n) is 5.41. The van der Waals surface area contributed by atoms with E-state index in [9.17, 15) is 4.79 Å². The number of amides is 1. The van der Waals surface area contributed by atoms with Gasteiger partial charge in [0.1, 0.15) is 5.37 Å². The normalized spacial score (nSPS) is 20.8. The van der Waals surface area contributed by atoms with Crippen molar-refractivity contribution < 1.29 is 4.79 Å². The number of thioether (sulfide) groups is 1. The highest BCUT2D eigenvalue weighted by Gasteiger charge is 2.24. The summed E-state index contributed by atoms with van der Waals surface area (Å²) in [7, 11) is 0. The van der Waals surface area contributed by atoms with Gasteiger partial charge < -0.3 is 10.6 Å². The summed E-state index contributed by atoms with van der Waals surface area (Å²) in [5.74, 6) is 6.20. The quantitative estimate of drug-likeness (QED) is 0.817. The Morgan fingerprint density at radius 3 is 2.95 bits per heavy atom. The van der Waals surface area contributed by atoms with Crippen molar-refractivity contribution in [2.24, 2.45) is 0 Å². The first-order valence-electron chi connectivity index (χ1n) is 7.41. The lowest BCUT2D eigenvalue weighted by molar-refractivity contribution is -0.117. The van der Waals surface area contributed by atoms with Crippen molar-refractivity contribution in [1.82, 2.24) is 10.6 Å². The van der Waals surface area contributed by atoms with Gasteiger partial charge in [0.2, 0.25) is 0 Å². The molecule has 1 unspecified atom stereocenters. The molecule has 2 N–H and O–H groups in total. The summed E-state index contributed by atoms with van der Waals surface area (Å²) in [5.41, 5.74) is 0.874. The second-order valence-corrected chi connectivity index (χ2v) is 6.99. The Morgan fingerprint density at radius 2 is 2.18 bits per heavy atom. The van der Waals surface area contributed by atoms with Crippen molar-refractivity contribution in [3.63, 3.8) is 0 Å². The molecule has 3 rings (SSSR count). The van der Waals surface area contributed by atoms with Crippen molar-refractivity contribution in [2.45, 2.75) is 37.1 Å². The van der Waals surface area contributed by atoms with E-state index in [0.29, 0.717) is 16.0 Å². The highest BCUT2D eigenvalue weighted by Crippen LogP contribution is 2.26. The maximum Gasteiger partial charge on any atom is 0.259 e. The fourth-order valence-electron chi connectivity index (χ4n) is 2.58. The molecule has 22 heavy (non-hydrogen) atoms. The van der Waals surface area contributed by atoms with E-state index in [1.165, 1.54) is 24.6 Å². The molecule has 0 bridgehead atoms. The number of nitrogens with one attached hydrogen (secondary N) is 2. The molecule has 2 aliphatic rings. The molecule has 1 heterocycles. The molecule has 114 valence electrons. The van der Waals surface area contributed by atoms with Gasteiger partial charge in [0, 0.05) is 22.8 Å². The van der Waals surface area contributed by atoms with Crippen molar-refractivity contribution in [1.29, 1.82) is 0 Å². The molecule has 1 atom stereocenters. The van der Waals surface area contributed by atoms with Gasteiger partial charge in [-0.3, -0.25) is 4.79 Å². The summed E-state index contributed by atoms with van der Waals surface area (Å²) in [5, 5.41) is 6.80. The minimum atomic E-state index is -0.0942. The average molecular weight is 333 g/mol. The van der Waals surface area contributed by atoms with Crippen LogP contribution in [-0.2, 0) is 4.79 Å². The van der Waals surface area contributed by atoms with Gasteiger partial charge in [-0.1, -0.05) is 54.1 Å². The highest BCUT2D eigenvalue weighted by atomic mass is 35.5. The number of benzene rings is 1. The van der Waals surface area contributed by atoms with Crippen LogP contribution in [0.2, 0.25) is 5.02 Å². The Morgan fingerprint density at radius 1 is 1.36 bits per heavy atom. The molecule has 0 saturated heterocycles. The Kier molecular flexibility index (Phi) is 4.97. The maximum atomic E-state index is 12.2. The van der Waals surface area contributed by atoms with E-state index >= 15 is 0 Å². The average Bonchev–Trinajstić information content (AvgIpc) is 3.16. The summed E-state index contributed by atoms with van der Waals surface area (Å²) in [6, 6.07) is 7.78. The summed E-state index contributed by atoms with van der Waals surface area (Å²) < 4.78 is 0. The minimum Gasteiger partial charge on any atom is -0.368 e. The Labute approximate surface area is 139 Å². The standard InChI is InChI=1S/C17H17ClN2OS/c18-13-5-3-4-12(10-13)8-9-16-19-11-15(22-16)17(21)20-14-6-1-2-7-14/h3-5,10-11,14,16,19H,1-2,6-7H2,(H,20,21). The van der Waals surface area contributed by atoms with Gasteiger partial charge in [-0.05, 0) is 31.0 Å². The van der Waals surface area contributed by atoms with Crippen LogP contribution in [0, 0.1) is 11.8 Å². The number of hydrogen-bond acceptors (Lipinski definition) is 3. The molecule has 5 heteroatoms. The molecule has 1 saturated carbocycles. The molecular weight excluding hydrogens is 316 g/mol. The molecule has 1 amide bonds. The van der Waals surface area contributed by atoms with E-state index in [1.807, 2.05) is 24.3 Å².